The first kappa shape index (κ1) is 11.1. The zero-order valence-electron chi connectivity index (χ0n) is 12.1. The molecule has 12 heterocycles. The van der Waals surface area contributed by atoms with Crippen LogP contribution in [0.5, 0.6) is 0 Å². The molecule has 104 valence electrons. The third-order valence-electron chi connectivity index (χ3n) is 5.63. The number of nitrogens with zero attached hydrogens (tertiary/aromatic N) is 1. The summed E-state index contributed by atoms with van der Waals surface area (Å²) in [5.74, 6) is 1.86. The third-order valence-corrected chi connectivity index (χ3v) is 5.63. The van der Waals surface area contributed by atoms with Gasteiger partial charge in [-0.1, -0.05) is 36.4 Å². The van der Waals surface area contributed by atoms with E-state index in [1.54, 1.807) is 0 Å². The molecule has 10 bridgehead atoms. The molecule has 1 nitrogen and oxygen atoms in total. The molecule has 0 atom stereocenters. The van der Waals surface area contributed by atoms with Crippen molar-refractivity contribution in [1.29, 1.82) is 0 Å². The molecule has 3 aromatic carbocycles. The molecule has 1 aliphatic carbocycles. The molecule has 22 heavy (non-hydrogen) atoms. The van der Waals surface area contributed by atoms with Crippen LogP contribution < -0.4 is 4.90 Å². The quantitative estimate of drug-likeness (QED) is 0.529. The number of rotatable bonds is 0. The summed E-state index contributed by atoms with van der Waals surface area (Å²) in [6.07, 6.45) is 0. The molecule has 3 aromatic rings. The van der Waals surface area contributed by atoms with E-state index in [2.05, 4.69) is 77.7 Å². The highest BCUT2D eigenvalue weighted by Gasteiger charge is 2.52. The fourth-order valence-electron chi connectivity index (χ4n) is 4.54. The van der Waals surface area contributed by atoms with Crippen LogP contribution in [-0.2, 0) is 0 Å². The van der Waals surface area contributed by atoms with E-state index in [1.165, 1.54) is 33.8 Å². The molecule has 1 heteroatoms. The lowest BCUT2D eigenvalue weighted by Gasteiger charge is -2.25. The summed E-state index contributed by atoms with van der Waals surface area (Å²) in [5, 5.41) is 0. The van der Waals surface area contributed by atoms with E-state index in [-0.39, 0.29) is 0 Å². The van der Waals surface area contributed by atoms with Gasteiger partial charge < -0.3 is 4.90 Å². The molecule has 0 radical (unpaired) electrons. The number of hydrogen-bond acceptors (Lipinski definition) is 1. The molecule has 16 rings (SSSR count). The fourth-order valence-corrected chi connectivity index (χ4v) is 4.54. The molecule has 0 aromatic heterocycles. The molecular weight excluding hydrogens is 266 g/mol. The fraction of sp³-hybridized carbons (Fsp3) is 0.143. The van der Waals surface area contributed by atoms with Crippen molar-refractivity contribution in [2.24, 2.45) is 0 Å². The predicted molar refractivity (Wildman–Crippen MR) is 89.3 cm³/mol. The predicted octanol–water partition coefficient (Wildman–Crippen LogP) is 5.45. The van der Waals surface area contributed by atoms with Gasteiger partial charge in [-0.15, -0.1) is 0 Å². The van der Waals surface area contributed by atoms with E-state index in [4.69, 9.17) is 0 Å². The summed E-state index contributed by atoms with van der Waals surface area (Å²) in [7, 11) is 0. The summed E-state index contributed by atoms with van der Waals surface area (Å²) < 4.78 is 0. The van der Waals surface area contributed by atoms with Crippen molar-refractivity contribution >= 4 is 17.1 Å². The topological polar surface area (TPSA) is 3.24 Å². The van der Waals surface area contributed by atoms with Gasteiger partial charge in [-0.2, -0.15) is 0 Å². The first-order chi connectivity index (χ1) is 10.9. The SMILES string of the molecule is c1cc2ccc1N1c3ccc(cc3)[C@H]3[C@@H]2[C@H]3c2ccc1cc2. The van der Waals surface area contributed by atoms with Crippen LogP contribution in [-0.4, -0.2) is 0 Å². The molecule has 1 fully saturated rings. The first-order valence-corrected chi connectivity index (χ1v) is 8.00. The Hall–Kier alpha value is -2.54. The summed E-state index contributed by atoms with van der Waals surface area (Å²) in [6.45, 7) is 0. The smallest absolute Gasteiger partial charge is 0.0461 e. The van der Waals surface area contributed by atoms with E-state index in [1.807, 2.05) is 0 Å². The molecule has 1 saturated carbocycles. The van der Waals surface area contributed by atoms with Crippen molar-refractivity contribution in [3.63, 3.8) is 0 Å². The van der Waals surface area contributed by atoms with Crippen molar-refractivity contribution in [3.8, 4) is 0 Å². The highest BCUT2D eigenvalue weighted by atomic mass is 15.1. The maximum Gasteiger partial charge on any atom is 0.0461 e. The second-order valence-electron chi connectivity index (χ2n) is 6.69. The summed E-state index contributed by atoms with van der Waals surface area (Å²) >= 11 is 0. The third kappa shape index (κ3) is 1.25. The molecule has 0 spiro atoms. The number of anilines is 3. The van der Waals surface area contributed by atoms with Crippen LogP contribution in [0.4, 0.5) is 17.1 Å². The Balaban J connectivity index is 1.81. The molecule has 12 aliphatic heterocycles. The second kappa shape index (κ2) is 3.61. The standard InChI is InChI=1S/C21H15N/c1-7-16-8-2-13(1)19-20-14-3-9-17(10-4-14)22(16)18-11-5-15(6-12-18)21(19)20/h1-12,19-21H/t19-,20+,21-. The van der Waals surface area contributed by atoms with Gasteiger partial charge in [0.15, 0.2) is 0 Å². The Morgan fingerprint density at radius 3 is 0.955 bits per heavy atom. The summed E-state index contributed by atoms with van der Waals surface area (Å²) in [4.78, 5) is 2.35. The van der Waals surface area contributed by atoms with Crippen molar-refractivity contribution in [2.45, 2.75) is 17.8 Å². The Morgan fingerprint density at radius 2 is 0.682 bits per heavy atom. The minimum atomic E-state index is 0.621. The largest absolute Gasteiger partial charge is 0.311 e. The van der Waals surface area contributed by atoms with Crippen LogP contribution in [0, 0.1) is 0 Å². The monoisotopic (exact) mass is 281 g/mol. The van der Waals surface area contributed by atoms with E-state index >= 15 is 0 Å². The van der Waals surface area contributed by atoms with Gasteiger partial charge >= 0.3 is 0 Å². The normalized spacial score (nSPS) is 25.6. The van der Waals surface area contributed by atoms with Gasteiger partial charge in [0.05, 0.1) is 0 Å². The van der Waals surface area contributed by atoms with Gasteiger partial charge in [-0.05, 0) is 70.8 Å². The lowest BCUT2D eigenvalue weighted by Crippen LogP contribution is -2.09. The van der Waals surface area contributed by atoms with Gasteiger partial charge in [0, 0.05) is 17.1 Å². The molecule has 0 amide bonds. The number of hydrogen-bond donors (Lipinski definition) is 0. The van der Waals surface area contributed by atoms with Gasteiger partial charge in [-0.25, -0.2) is 0 Å². The number of benzene rings is 3. The van der Waals surface area contributed by atoms with E-state index in [0.29, 0.717) is 17.8 Å². The van der Waals surface area contributed by atoms with E-state index < -0.39 is 0 Å². The van der Waals surface area contributed by atoms with E-state index in [0.717, 1.165) is 0 Å². The van der Waals surface area contributed by atoms with Gasteiger partial charge in [-0.3, -0.25) is 0 Å². The molecule has 0 unspecified atom stereocenters. The van der Waals surface area contributed by atoms with Gasteiger partial charge in [0.2, 0.25) is 0 Å². The summed E-state index contributed by atoms with van der Waals surface area (Å²) in [5.41, 5.74) is 8.15. The maximum absolute atomic E-state index is 2.35. The molecular formula is C21H15N. The second-order valence-corrected chi connectivity index (χ2v) is 6.69. The Bertz CT molecular complexity index is 746. The highest BCUT2D eigenvalue weighted by molar-refractivity contribution is 5.78. The maximum atomic E-state index is 2.35. The Kier molecular flexibility index (Phi) is 1.82. The molecule has 0 N–H and O–H groups in total. The van der Waals surface area contributed by atoms with Crippen molar-refractivity contribution < 1.29 is 0 Å². The van der Waals surface area contributed by atoms with Crippen LogP contribution in [0.2, 0.25) is 0 Å². The van der Waals surface area contributed by atoms with Gasteiger partial charge in [0.25, 0.3) is 0 Å². The van der Waals surface area contributed by atoms with Crippen LogP contribution in [0.15, 0.2) is 72.8 Å². The average Bonchev–Trinajstić information content (AvgIpc) is 3.33. The average molecular weight is 281 g/mol. The zero-order valence-corrected chi connectivity index (χ0v) is 12.1. The van der Waals surface area contributed by atoms with Gasteiger partial charge in [0.1, 0.15) is 0 Å². The van der Waals surface area contributed by atoms with Crippen LogP contribution in [0.3, 0.4) is 0 Å². The van der Waals surface area contributed by atoms with Crippen molar-refractivity contribution in [2.75, 3.05) is 4.90 Å². The Morgan fingerprint density at radius 1 is 0.409 bits per heavy atom. The molecule has 0 saturated heterocycles. The molecule has 13 aliphatic rings. The lowest BCUT2D eigenvalue weighted by atomic mass is 10.0. The zero-order chi connectivity index (χ0) is 14.3. The minimum absolute atomic E-state index is 0.621. The Labute approximate surface area is 129 Å². The highest BCUT2D eigenvalue weighted by Crippen LogP contribution is 2.67. The van der Waals surface area contributed by atoms with Crippen molar-refractivity contribution in [3.05, 3.63) is 89.5 Å². The van der Waals surface area contributed by atoms with E-state index in [9.17, 15) is 0 Å². The lowest BCUT2D eigenvalue weighted by molar-refractivity contribution is 1.03. The first-order valence-electron chi connectivity index (χ1n) is 8.00. The van der Waals surface area contributed by atoms with Crippen molar-refractivity contribution in [1.82, 2.24) is 0 Å². The van der Waals surface area contributed by atoms with Crippen LogP contribution in [0.1, 0.15) is 34.4 Å². The van der Waals surface area contributed by atoms with Crippen LogP contribution in [0.25, 0.3) is 0 Å². The minimum Gasteiger partial charge on any atom is -0.311 e. The summed E-state index contributed by atoms with van der Waals surface area (Å²) in [6, 6.07) is 27.6. The van der Waals surface area contributed by atoms with Crippen LogP contribution >= 0.6 is 0 Å².